The molecular weight excluding hydrogens is 404 g/mol. The molecule has 3 amide bonds. The molecular formula is C21H42N4O6. The summed E-state index contributed by atoms with van der Waals surface area (Å²) in [5.74, 6) is -1.06. The molecule has 0 aromatic heterocycles. The van der Waals surface area contributed by atoms with E-state index in [1.807, 2.05) is 13.8 Å². The molecule has 2 atom stereocenters. The molecule has 0 aromatic carbocycles. The Morgan fingerprint density at radius 2 is 1.32 bits per heavy atom. The minimum Gasteiger partial charge on any atom is -0.378 e. The van der Waals surface area contributed by atoms with E-state index >= 15 is 0 Å². The second-order valence-corrected chi connectivity index (χ2v) is 8.59. The van der Waals surface area contributed by atoms with Gasteiger partial charge in [0.2, 0.25) is 17.7 Å². The van der Waals surface area contributed by atoms with Gasteiger partial charge in [-0.15, -0.1) is 0 Å². The van der Waals surface area contributed by atoms with E-state index in [2.05, 4.69) is 16.0 Å². The van der Waals surface area contributed by atoms with Crippen molar-refractivity contribution >= 4 is 17.7 Å². The van der Waals surface area contributed by atoms with Crippen LogP contribution in [0.5, 0.6) is 0 Å². The molecule has 31 heavy (non-hydrogen) atoms. The highest BCUT2D eigenvalue weighted by molar-refractivity contribution is 5.92. The molecule has 0 fully saturated rings. The Morgan fingerprint density at radius 1 is 0.806 bits per heavy atom. The van der Waals surface area contributed by atoms with Gasteiger partial charge in [-0.1, -0.05) is 34.6 Å². The quantitative estimate of drug-likeness (QED) is 0.241. The second kappa shape index (κ2) is 16.0. The van der Waals surface area contributed by atoms with Gasteiger partial charge in [0.25, 0.3) is 0 Å². The van der Waals surface area contributed by atoms with E-state index in [0.29, 0.717) is 52.7 Å². The van der Waals surface area contributed by atoms with E-state index in [0.717, 1.165) is 0 Å². The average molecular weight is 447 g/mol. The third-order valence-electron chi connectivity index (χ3n) is 4.22. The van der Waals surface area contributed by atoms with Gasteiger partial charge >= 0.3 is 0 Å². The van der Waals surface area contributed by atoms with Crippen LogP contribution in [0.15, 0.2) is 0 Å². The Kier molecular flexibility index (Phi) is 15.1. The summed E-state index contributed by atoms with van der Waals surface area (Å²) in [5, 5.41) is 8.14. The molecule has 182 valence electrons. The van der Waals surface area contributed by atoms with E-state index < -0.39 is 23.4 Å². The number of ether oxygens (including phenoxy) is 3. The first-order chi connectivity index (χ1) is 14.5. The van der Waals surface area contributed by atoms with Crippen molar-refractivity contribution in [1.82, 2.24) is 16.0 Å². The largest absolute Gasteiger partial charge is 0.378 e. The summed E-state index contributed by atoms with van der Waals surface area (Å²) in [5.41, 5.74) is 4.71. The topological polar surface area (TPSA) is 141 Å². The summed E-state index contributed by atoms with van der Waals surface area (Å²) in [6.45, 7) is 14.0. The molecule has 0 bridgehead atoms. The predicted molar refractivity (Wildman–Crippen MR) is 118 cm³/mol. The van der Waals surface area contributed by atoms with Crippen LogP contribution in [0.1, 0.15) is 41.5 Å². The fraction of sp³-hybridized carbons (Fsp3) is 0.857. The van der Waals surface area contributed by atoms with E-state index in [9.17, 15) is 14.4 Å². The standard InChI is InChI=1S/C21H42N4O6/c1-15(2)17(25-18(26)16(3)24-20(28)21(4,5)6)19(27)23-8-10-30-12-14-31-13-11-29-9-7-22/h15-17H,7-14,22H2,1-6H3,(H,23,27)(H,24,28)(H,25,26)/t16-,17-/m1/s1. The first-order valence-corrected chi connectivity index (χ1v) is 10.8. The maximum absolute atomic E-state index is 12.5. The summed E-state index contributed by atoms with van der Waals surface area (Å²) < 4.78 is 15.9. The number of nitrogens with one attached hydrogen (secondary N) is 3. The lowest BCUT2D eigenvalue weighted by molar-refractivity contribution is -0.134. The molecule has 0 rings (SSSR count). The number of nitrogens with two attached hydrogens (primary N) is 1. The molecule has 10 nitrogen and oxygen atoms in total. The number of carbonyl (C=O) groups is 3. The van der Waals surface area contributed by atoms with E-state index in [-0.39, 0.29) is 17.7 Å². The molecule has 5 N–H and O–H groups in total. The van der Waals surface area contributed by atoms with Crippen molar-refractivity contribution in [3.63, 3.8) is 0 Å². The Morgan fingerprint density at radius 3 is 1.81 bits per heavy atom. The number of hydrogen-bond acceptors (Lipinski definition) is 7. The molecule has 0 saturated carbocycles. The van der Waals surface area contributed by atoms with Crippen molar-refractivity contribution in [1.29, 1.82) is 0 Å². The van der Waals surface area contributed by atoms with E-state index in [1.54, 1.807) is 27.7 Å². The molecule has 0 aliphatic heterocycles. The van der Waals surface area contributed by atoms with Crippen molar-refractivity contribution in [2.45, 2.75) is 53.6 Å². The van der Waals surface area contributed by atoms with Crippen molar-refractivity contribution in [3.8, 4) is 0 Å². The van der Waals surface area contributed by atoms with E-state index in [1.165, 1.54) is 0 Å². The van der Waals surface area contributed by atoms with Crippen LogP contribution in [0, 0.1) is 11.3 Å². The third kappa shape index (κ3) is 14.0. The fourth-order valence-corrected chi connectivity index (χ4v) is 2.27. The summed E-state index contributed by atoms with van der Waals surface area (Å²) in [4.78, 5) is 37.0. The highest BCUT2D eigenvalue weighted by Gasteiger charge is 2.29. The highest BCUT2D eigenvalue weighted by Crippen LogP contribution is 2.13. The monoisotopic (exact) mass is 446 g/mol. The van der Waals surface area contributed by atoms with Crippen LogP contribution in [0.25, 0.3) is 0 Å². The Hall–Kier alpha value is -1.75. The van der Waals surface area contributed by atoms with Crippen LogP contribution in [0.2, 0.25) is 0 Å². The van der Waals surface area contributed by atoms with Gasteiger partial charge in [-0.3, -0.25) is 14.4 Å². The summed E-state index contributed by atoms with van der Waals surface area (Å²) >= 11 is 0. The molecule has 0 aliphatic rings. The van der Waals surface area contributed by atoms with Crippen LogP contribution < -0.4 is 21.7 Å². The zero-order valence-electron chi connectivity index (χ0n) is 19.9. The van der Waals surface area contributed by atoms with Crippen LogP contribution in [0.3, 0.4) is 0 Å². The van der Waals surface area contributed by atoms with Crippen LogP contribution in [-0.2, 0) is 28.6 Å². The SMILES string of the molecule is CC(C)[C@@H](NC(=O)[C@@H](C)NC(=O)C(C)(C)C)C(=O)NCCOCCOCCOCCN. The normalized spacial score (nSPS) is 13.5. The number of rotatable bonds is 16. The minimum atomic E-state index is -0.746. The van der Waals surface area contributed by atoms with Gasteiger partial charge in [-0.05, 0) is 12.8 Å². The van der Waals surface area contributed by atoms with Crippen molar-refractivity contribution in [2.24, 2.45) is 17.1 Å². The van der Waals surface area contributed by atoms with Gasteiger partial charge < -0.3 is 35.9 Å². The highest BCUT2D eigenvalue weighted by atomic mass is 16.5. The Labute approximate surface area is 186 Å². The first kappa shape index (κ1) is 29.2. The predicted octanol–water partition coefficient (Wildman–Crippen LogP) is -0.197. The number of hydrogen-bond donors (Lipinski definition) is 4. The van der Waals surface area contributed by atoms with Gasteiger partial charge in [0.15, 0.2) is 0 Å². The van der Waals surface area contributed by atoms with Crippen LogP contribution in [-0.4, -0.2) is 82.5 Å². The second-order valence-electron chi connectivity index (χ2n) is 8.59. The lowest BCUT2D eigenvalue weighted by Gasteiger charge is -2.25. The lowest BCUT2D eigenvalue weighted by Crippen LogP contribution is -2.55. The zero-order valence-corrected chi connectivity index (χ0v) is 19.9. The van der Waals surface area contributed by atoms with Crippen LogP contribution in [0.4, 0.5) is 0 Å². The number of carbonyl (C=O) groups excluding carboxylic acids is 3. The third-order valence-corrected chi connectivity index (χ3v) is 4.22. The lowest BCUT2D eigenvalue weighted by atomic mass is 9.95. The fourth-order valence-electron chi connectivity index (χ4n) is 2.27. The van der Waals surface area contributed by atoms with Gasteiger partial charge in [-0.25, -0.2) is 0 Å². The molecule has 0 spiro atoms. The Balaban J connectivity index is 4.17. The molecule has 10 heteroatoms. The van der Waals surface area contributed by atoms with Gasteiger partial charge in [0, 0.05) is 18.5 Å². The smallest absolute Gasteiger partial charge is 0.242 e. The average Bonchev–Trinajstić information content (AvgIpc) is 2.68. The summed E-state index contributed by atoms with van der Waals surface area (Å²) in [6, 6.07) is -1.46. The number of amides is 3. The zero-order chi connectivity index (χ0) is 23.9. The van der Waals surface area contributed by atoms with Crippen molar-refractivity contribution < 1.29 is 28.6 Å². The molecule has 0 aliphatic carbocycles. The summed E-state index contributed by atoms with van der Waals surface area (Å²) in [6.07, 6.45) is 0. The molecule has 0 unspecified atom stereocenters. The Bertz CT molecular complexity index is 536. The van der Waals surface area contributed by atoms with Crippen molar-refractivity contribution in [3.05, 3.63) is 0 Å². The van der Waals surface area contributed by atoms with E-state index in [4.69, 9.17) is 19.9 Å². The maximum atomic E-state index is 12.5. The van der Waals surface area contributed by atoms with Gasteiger partial charge in [0.05, 0.1) is 39.6 Å². The van der Waals surface area contributed by atoms with Crippen LogP contribution >= 0.6 is 0 Å². The summed E-state index contributed by atoms with van der Waals surface area (Å²) in [7, 11) is 0. The molecule has 0 radical (unpaired) electrons. The maximum Gasteiger partial charge on any atom is 0.242 e. The molecule has 0 heterocycles. The van der Waals surface area contributed by atoms with Gasteiger partial charge in [0.1, 0.15) is 12.1 Å². The van der Waals surface area contributed by atoms with Crippen molar-refractivity contribution in [2.75, 3.05) is 52.7 Å². The van der Waals surface area contributed by atoms with Gasteiger partial charge in [-0.2, -0.15) is 0 Å². The molecule has 0 aromatic rings. The first-order valence-electron chi connectivity index (χ1n) is 10.8. The minimum absolute atomic E-state index is 0.120. The molecule has 0 saturated heterocycles.